The van der Waals surface area contributed by atoms with Gasteiger partial charge in [0.2, 0.25) is 0 Å². The molecule has 2 nitrogen and oxygen atoms in total. The maximum Gasteiger partial charge on any atom is 0.137 e. The van der Waals surface area contributed by atoms with E-state index < -0.39 is 0 Å². The highest BCUT2D eigenvalue weighted by molar-refractivity contribution is 9.10. The molecule has 0 radical (unpaired) electrons. The van der Waals surface area contributed by atoms with Crippen LogP contribution < -0.4 is 0 Å². The van der Waals surface area contributed by atoms with E-state index >= 15 is 0 Å². The molecule has 1 aliphatic carbocycles. The molecule has 0 bridgehead atoms. The number of aromatic hydroxyl groups is 1. The third-order valence-corrected chi connectivity index (χ3v) is 3.25. The minimum atomic E-state index is 0.257. The van der Waals surface area contributed by atoms with Crippen molar-refractivity contribution in [1.29, 1.82) is 0 Å². The Morgan fingerprint density at radius 3 is 2.85 bits per heavy atom. The smallest absolute Gasteiger partial charge is 0.137 e. The molecular weight excluding hydrogens is 232 g/mol. The molecular formula is C10H9BrO2. The molecule has 68 valence electrons. The summed E-state index contributed by atoms with van der Waals surface area (Å²) in [5, 5.41) is 9.41. The number of fused-ring (bicyclic) bond motifs is 1. The van der Waals surface area contributed by atoms with Gasteiger partial charge < -0.3 is 5.11 Å². The van der Waals surface area contributed by atoms with Crippen LogP contribution in [0, 0.1) is 0 Å². The van der Waals surface area contributed by atoms with Crippen LogP contribution in [-0.4, -0.2) is 10.9 Å². The van der Waals surface area contributed by atoms with E-state index in [9.17, 15) is 9.90 Å². The van der Waals surface area contributed by atoms with Crippen LogP contribution in [0.4, 0.5) is 0 Å². The lowest BCUT2D eigenvalue weighted by atomic mass is 9.91. The summed E-state index contributed by atoms with van der Waals surface area (Å²) in [6.07, 6.45) is 1.84. The quantitative estimate of drug-likeness (QED) is 0.756. The topological polar surface area (TPSA) is 37.3 Å². The predicted molar refractivity (Wildman–Crippen MR) is 52.8 cm³/mol. The maximum absolute atomic E-state index is 11.1. The molecule has 2 rings (SSSR count). The molecule has 0 aliphatic heterocycles. The summed E-state index contributed by atoms with van der Waals surface area (Å²) in [7, 11) is 0. The Bertz CT molecular complexity index is 371. The van der Waals surface area contributed by atoms with Crippen LogP contribution in [-0.2, 0) is 17.6 Å². The molecule has 0 unspecified atom stereocenters. The molecule has 0 atom stereocenters. The average Bonchev–Trinajstić information content (AvgIpc) is 2.12. The summed E-state index contributed by atoms with van der Waals surface area (Å²) in [6, 6.07) is 3.45. The highest BCUT2D eigenvalue weighted by Crippen LogP contribution is 2.33. The van der Waals surface area contributed by atoms with E-state index in [0.717, 1.165) is 22.0 Å². The van der Waals surface area contributed by atoms with Gasteiger partial charge in [0.1, 0.15) is 11.5 Å². The van der Waals surface area contributed by atoms with Gasteiger partial charge in [-0.05, 0) is 39.5 Å². The first kappa shape index (κ1) is 8.75. The Balaban J connectivity index is 2.53. The van der Waals surface area contributed by atoms with Crippen LogP contribution in [0.15, 0.2) is 16.6 Å². The molecule has 1 N–H and O–H groups in total. The highest BCUT2D eigenvalue weighted by atomic mass is 79.9. The number of rotatable bonds is 0. The first-order chi connectivity index (χ1) is 6.18. The molecule has 3 heteroatoms. The summed E-state index contributed by atoms with van der Waals surface area (Å²) >= 11 is 3.32. The lowest BCUT2D eigenvalue weighted by Gasteiger charge is -2.16. The zero-order valence-corrected chi connectivity index (χ0v) is 8.60. The number of hydrogen-bond donors (Lipinski definition) is 1. The van der Waals surface area contributed by atoms with E-state index in [4.69, 9.17) is 0 Å². The van der Waals surface area contributed by atoms with E-state index in [2.05, 4.69) is 15.9 Å². The minimum absolute atomic E-state index is 0.257. The second kappa shape index (κ2) is 3.14. The van der Waals surface area contributed by atoms with Crippen molar-refractivity contribution < 1.29 is 9.90 Å². The van der Waals surface area contributed by atoms with Gasteiger partial charge in [-0.1, -0.05) is 6.07 Å². The Morgan fingerprint density at radius 2 is 2.08 bits per heavy atom. The zero-order chi connectivity index (χ0) is 9.42. The van der Waals surface area contributed by atoms with Gasteiger partial charge >= 0.3 is 0 Å². The fourth-order valence-electron chi connectivity index (χ4n) is 1.65. The molecule has 0 saturated carbocycles. The summed E-state index contributed by atoms with van der Waals surface area (Å²) in [6.45, 7) is 0. The van der Waals surface area contributed by atoms with Gasteiger partial charge in [-0.3, -0.25) is 4.79 Å². The number of benzene rings is 1. The van der Waals surface area contributed by atoms with Crippen LogP contribution in [0.2, 0.25) is 0 Å². The molecule has 1 aromatic rings. The number of ketones is 1. The average molecular weight is 241 g/mol. The first-order valence-corrected chi connectivity index (χ1v) is 4.98. The number of Topliss-reactive ketones (excluding diaryl/α,β-unsaturated/α-hetero) is 1. The Kier molecular flexibility index (Phi) is 2.12. The molecule has 13 heavy (non-hydrogen) atoms. The van der Waals surface area contributed by atoms with Crippen molar-refractivity contribution in [3.05, 3.63) is 27.7 Å². The highest BCUT2D eigenvalue weighted by Gasteiger charge is 2.18. The van der Waals surface area contributed by atoms with Gasteiger partial charge in [0.05, 0.1) is 4.47 Å². The first-order valence-electron chi connectivity index (χ1n) is 4.19. The van der Waals surface area contributed by atoms with Crippen molar-refractivity contribution in [3.63, 3.8) is 0 Å². The second-order valence-corrected chi connectivity index (χ2v) is 4.04. The number of carbonyl (C=O) groups is 1. The van der Waals surface area contributed by atoms with E-state index in [1.165, 1.54) is 0 Å². The Morgan fingerprint density at radius 1 is 1.31 bits per heavy atom. The van der Waals surface area contributed by atoms with Crippen LogP contribution >= 0.6 is 15.9 Å². The molecule has 0 aromatic heterocycles. The van der Waals surface area contributed by atoms with Gasteiger partial charge in [0.15, 0.2) is 0 Å². The van der Waals surface area contributed by atoms with Gasteiger partial charge in [0.25, 0.3) is 0 Å². The van der Waals surface area contributed by atoms with Gasteiger partial charge in [-0.15, -0.1) is 0 Å². The van der Waals surface area contributed by atoms with Crippen LogP contribution in [0.3, 0.4) is 0 Å². The molecule has 0 fully saturated rings. The van der Waals surface area contributed by atoms with Crippen molar-refractivity contribution in [2.45, 2.75) is 19.3 Å². The maximum atomic E-state index is 11.1. The van der Waals surface area contributed by atoms with Gasteiger partial charge in [-0.25, -0.2) is 0 Å². The van der Waals surface area contributed by atoms with Crippen molar-refractivity contribution in [1.82, 2.24) is 0 Å². The predicted octanol–water partition coefficient (Wildman–Crippen LogP) is 2.21. The number of phenolic OH excluding ortho intramolecular Hbond substituents is 1. The third kappa shape index (κ3) is 1.48. The summed E-state index contributed by atoms with van der Waals surface area (Å²) in [5.74, 6) is 0.540. The monoisotopic (exact) mass is 240 g/mol. The largest absolute Gasteiger partial charge is 0.507 e. The SMILES string of the molecule is O=C1CCc2c(ccc(O)c2Br)C1. The lowest BCUT2D eigenvalue weighted by Crippen LogP contribution is -2.13. The van der Waals surface area contributed by atoms with Crippen molar-refractivity contribution in [2.24, 2.45) is 0 Å². The van der Waals surface area contributed by atoms with Crippen molar-refractivity contribution in [2.75, 3.05) is 0 Å². The molecule has 0 spiro atoms. The summed E-state index contributed by atoms with van der Waals surface area (Å²) in [5.41, 5.74) is 2.13. The second-order valence-electron chi connectivity index (χ2n) is 3.25. The van der Waals surface area contributed by atoms with E-state index in [1.54, 1.807) is 6.07 Å². The fraction of sp³-hybridized carbons (Fsp3) is 0.300. The Hall–Kier alpha value is -0.830. The van der Waals surface area contributed by atoms with E-state index in [0.29, 0.717) is 12.8 Å². The normalized spacial score (nSPS) is 15.6. The molecule has 0 amide bonds. The third-order valence-electron chi connectivity index (χ3n) is 2.36. The molecule has 1 aliphatic rings. The number of halogens is 1. The van der Waals surface area contributed by atoms with Gasteiger partial charge in [0, 0.05) is 12.8 Å². The van der Waals surface area contributed by atoms with Crippen LogP contribution in [0.25, 0.3) is 0 Å². The Labute approximate surface area is 84.7 Å². The lowest BCUT2D eigenvalue weighted by molar-refractivity contribution is -0.118. The zero-order valence-electron chi connectivity index (χ0n) is 7.01. The molecule has 0 heterocycles. The van der Waals surface area contributed by atoms with E-state index in [-0.39, 0.29) is 11.5 Å². The minimum Gasteiger partial charge on any atom is -0.507 e. The molecule has 1 aromatic carbocycles. The number of hydrogen-bond acceptors (Lipinski definition) is 2. The van der Waals surface area contributed by atoms with E-state index in [1.807, 2.05) is 6.07 Å². The summed E-state index contributed by atoms with van der Waals surface area (Å²) in [4.78, 5) is 11.1. The van der Waals surface area contributed by atoms with Crippen LogP contribution in [0.5, 0.6) is 5.75 Å². The van der Waals surface area contributed by atoms with Crippen molar-refractivity contribution >= 4 is 21.7 Å². The van der Waals surface area contributed by atoms with Crippen LogP contribution in [0.1, 0.15) is 17.5 Å². The van der Waals surface area contributed by atoms with Gasteiger partial charge in [-0.2, -0.15) is 0 Å². The number of phenols is 1. The molecule has 0 saturated heterocycles. The number of carbonyl (C=O) groups excluding carboxylic acids is 1. The standard InChI is InChI=1S/C10H9BrO2/c11-10-8-3-2-7(12)5-6(8)1-4-9(10)13/h1,4,13H,2-3,5H2. The summed E-state index contributed by atoms with van der Waals surface area (Å²) < 4.78 is 0.748. The fourth-order valence-corrected chi connectivity index (χ4v) is 2.24. The van der Waals surface area contributed by atoms with Crippen molar-refractivity contribution in [3.8, 4) is 5.75 Å².